The summed E-state index contributed by atoms with van der Waals surface area (Å²) in [4.78, 5) is 19.0. The van der Waals surface area contributed by atoms with Crippen molar-refractivity contribution in [3.8, 4) is 0 Å². The Kier molecular flexibility index (Phi) is 10.3. The Labute approximate surface area is 150 Å². The first-order chi connectivity index (χ1) is 9.59. The number of carboxylic acid groups (broad SMARTS) is 2. The molecule has 0 aliphatic heterocycles. The zero-order chi connectivity index (χ0) is 16.7. The molecular formula is C9H10Cl6O6. The van der Waals surface area contributed by atoms with Crippen molar-refractivity contribution in [3.63, 3.8) is 0 Å². The highest BCUT2D eigenvalue weighted by molar-refractivity contribution is 6.45. The molecule has 0 atom stereocenters. The second kappa shape index (κ2) is 10.1. The van der Waals surface area contributed by atoms with Gasteiger partial charge in [-0.2, -0.15) is 0 Å². The van der Waals surface area contributed by atoms with E-state index in [1.165, 1.54) is 0 Å². The molecule has 0 bridgehead atoms. The van der Waals surface area contributed by atoms with Crippen LogP contribution in [0.4, 0.5) is 9.59 Å². The van der Waals surface area contributed by atoms with E-state index < -0.39 is 51.4 Å². The minimum atomic E-state index is -1.57. The van der Waals surface area contributed by atoms with Crippen LogP contribution in [0.15, 0.2) is 0 Å². The van der Waals surface area contributed by atoms with Crippen molar-refractivity contribution in [2.75, 3.05) is 6.79 Å². The van der Waals surface area contributed by atoms with Gasteiger partial charge in [0.2, 0.25) is 6.79 Å². The second-order valence-electron chi connectivity index (χ2n) is 3.60. The Balaban J connectivity index is 0.000000400. The van der Waals surface area contributed by atoms with E-state index in [4.69, 9.17) is 79.8 Å². The molecule has 0 radical (unpaired) electrons. The predicted molar refractivity (Wildman–Crippen MR) is 80.9 cm³/mol. The largest absolute Gasteiger partial charge is 0.508 e. The Morgan fingerprint density at radius 2 is 0.857 bits per heavy atom. The van der Waals surface area contributed by atoms with Crippen molar-refractivity contribution in [1.82, 2.24) is 0 Å². The van der Waals surface area contributed by atoms with Crippen molar-refractivity contribution in [2.45, 2.75) is 32.3 Å². The van der Waals surface area contributed by atoms with Gasteiger partial charge in [-0.1, -0.05) is 0 Å². The Morgan fingerprint density at radius 1 is 0.667 bits per heavy atom. The summed E-state index contributed by atoms with van der Waals surface area (Å²) >= 11 is 35.3. The lowest BCUT2D eigenvalue weighted by atomic mass is 9.97. The number of rotatable bonds is 2. The molecule has 0 unspecified atom stereocenters. The van der Waals surface area contributed by atoms with Crippen LogP contribution in [0.2, 0.25) is 0 Å². The average molecular weight is 427 g/mol. The third kappa shape index (κ3) is 7.39. The van der Waals surface area contributed by atoms with Crippen LogP contribution in [0.1, 0.15) is 0 Å². The molecule has 0 saturated heterocycles. The molecule has 6 nitrogen and oxygen atoms in total. The first-order valence-electron chi connectivity index (χ1n) is 5.15. The van der Waals surface area contributed by atoms with E-state index in [0.29, 0.717) is 0 Å². The molecule has 1 saturated carbocycles. The lowest BCUT2D eigenvalue weighted by molar-refractivity contribution is -0.0167. The van der Waals surface area contributed by atoms with E-state index >= 15 is 0 Å². The first-order valence-corrected chi connectivity index (χ1v) is 7.77. The molecule has 1 aliphatic carbocycles. The van der Waals surface area contributed by atoms with Crippen LogP contribution in [0.5, 0.6) is 0 Å². The number of carbonyl (C=O) groups is 2. The molecule has 0 aromatic carbocycles. The molecule has 0 amide bonds. The van der Waals surface area contributed by atoms with E-state index in [2.05, 4.69) is 9.47 Å². The predicted octanol–water partition coefficient (Wildman–Crippen LogP) is 3.98. The van der Waals surface area contributed by atoms with Crippen LogP contribution in [0.3, 0.4) is 0 Å². The van der Waals surface area contributed by atoms with E-state index in [1.807, 2.05) is 0 Å². The molecule has 21 heavy (non-hydrogen) atoms. The third-order valence-electron chi connectivity index (χ3n) is 2.19. The number of alkyl halides is 6. The van der Waals surface area contributed by atoms with Crippen LogP contribution >= 0.6 is 69.6 Å². The molecule has 2 N–H and O–H groups in total. The molecule has 1 rings (SSSR count). The Bertz CT molecular complexity index is 285. The zero-order valence-corrected chi connectivity index (χ0v) is 14.5. The summed E-state index contributed by atoms with van der Waals surface area (Å²) in [6, 6.07) is 0. The first kappa shape index (κ1) is 21.3. The van der Waals surface area contributed by atoms with Gasteiger partial charge < -0.3 is 19.7 Å². The summed E-state index contributed by atoms with van der Waals surface area (Å²) in [7, 11) is 0. The van der Waals surface area contributed by atoms with E-state index in [9.17, 15) is 9.59 Å². The van der Waals surface area contributed by atoms with Gasteiger partial charge in [0.1, 0.15) is 0 Å². The van der Waals surface area contributed by atoms with Crippen molar-refractivity contribution in [3.05, 3.63) is 0 Å². The lowest BCUT2D eigenvalue weighted by Crippen LogP contribution is -2.52. The van der Waals surface area contributed by atoms with Crippen molar-refractivity contribution in [2.24, 2.45) is 0 Å². The highest BCUT2D eigenvalue weighted by Gasteiger charge is 2.46. The van der Waals surface area contributed by atoms with Gasteiger partial charge in [-0.05, 0) is 0 Å². The van der Waals surface area contributed by atoms with Crippen LogP contribution in [0, 0.1) is 0 Å². The Morgan fingerprint density at radius 3 is 1.00 bits per heavy atom. The number of halogens is 6. The number of hydrogen-bond acceptors (Lipinski definition) is 4. The molecule has 124 valence electrons. The molecule has 0 spiro atoms. The summed E-state index contributed by atoms with van der Waals surface area (Å²) in [6.07, 6.45) is -3.15. The van der Waals surface area contributed by atoms with Crippen LogP contribution < -0.4 is 0 Å². The van der Waals surface area contributed by atoms with Crippen LogP contribution in [0.25, 0.3) is 0 Å². The van der Waals surface area contributed by atoms with Gasteiger partial charge in [0.25, 0.3) is 0 Å². The highest BCUT2D eigenvalue weighted by atomic mass is 35.5. The van der Waals surface area contributed by atoms with Gasteiger partial charge in [-0.25, -0.2) is 9.59 Å². The molecular weight excluding hydrogens is 417 g/mol. The van der Waals surface area contributed by atoms with Crippen molar-refractivity contribution < 1.29 is 29.3 Å². The number of hydrogen-bond donors (Lipinski definition) is 2. The van der Waals surface area contributed by atoms with Gasteiger partial charge in [0, 0.05) is 0 Å². The lowest BCUT2D eigenvalue weighted by Gasteiger charge is -2.37. The van der Waals surface area contributed by atoms with Gasteiger partial charge in [0.15, 0.2) is 0 Å². The van der Waals surface area contributed by atoms with Crippen molar-refractivity contribution in [1.29, 1.82) is 0 Å². The maximum absolute atomic E-state index is 9.49. The topological polar surface area (TPSA) is 93.1 Å². The molecule has 0 aromatic heterocycles. The van der Waals surface area contributed by atoms with Crippen molar-refractivity contribution >= 4 is 81.9 Å². The number of ether oxygens (including phenoxy) is 2. The molecule has 1 fully saturated rings. The summed E-state index contributed by atoms with van der Waals surface area (Å²) in [5.41, 5.74) is 0. The maximum atomic E-state index is 9.49. The second-order valence-corrected chi connectivity index (χ2v) is 6.63. The summed E-state index contributed by atoms with van der Waals surface area (Å²) in [6.45, 7) is -0.787. The quantitative estimate of drug-likeness (QED) is 0.394. The average Bonchev–Trinajstić information content (AvgIpc) is 2.41. The summed E-state index contributed by atoms with van der Waals surface area (Å²) < 4.78 is 7.33. The van der Waals surface area contributed by atoms with E-state index in [0.717, 1.165) is 0 Å². The SMILES string of the molecule is Cl[C@H]1[C@H](Cl)[C@@H](Cl)[C@@H](Cl)[C@H](Cl)[C@H]1Cl.O=C(O)OCOC(=O)O. The van der Waals surface area contributed by atoms with Gasteiger partial charge in [0.05, 0.1) is 32.3 Å². The van der Waals surface area contributed by atoms with Gasteiger partial charge >= 0.3 is 12.3 Å². The fourth-order valence-corrected chi connectivity index (χ4v) is 3.51. The summed E-state index contributed by atoms with van der Waals surface area (Å²) in [5, 5.41) is 12.8. The van der Waals surface area contributed by atoms with Gasteiger partial charge in [-0.3, -0.25) is 0 Å². The fraction of sp³-hybridized carbons (Fsp3) is 0.778. The molecule has 1 aliphatic rings. The zero-order valence-electron chi connectivity index (χ0n) is 9.97. The normalized spacial score (nSPS) is 35.1. The maximum Gasteiger partial charge on any atom is 0.508 e. The van der Waals surface area contributed by atoms with Crippen LogP contribution in [-0.2, 0) is 9.47 Å². The Hall–Kier alpha value is 0.280. The summed E-state index contributed by atoms with van der Waals surface area (Å²) in [5.74, 6) is 0. The minimum absolute atomic E-state index is 0.437. The van der Waals surface area contributed by atoms with Gasteiger partial charge in [-0.15, -0.1) is 69.6 Å². The fourth-order valence-electron chi connectivity index (χ4n) is 1.18. The monoisotopic (exact) mass is 424 g/mol. The standard InChI is InChI=1S/C6H6Cl6.C3H4O6/c7-1-2(8)4(10)6(12)5(11)3(1)9;4-2(5)8-1-9-3(6)7/h1-6H;1H2,(H,4,5)(H,6,7)/t1-,2-,3-,4+,5+,6+;. The van der Waals surface area contributed by atoms with E-state index in [-0.39, 0.29) is 0 Å². The van der Waals surface area contributed by atoms with Crippen LogP contribution in [-0.4, -0.2) is 61.6 Å². The highest BCUT2D eigenvalue weighted by Crippen LogP contribution is 2.39. The molecule has 12 heteroatoms. The molecule has 0 aromatic rings. The van der Waals surface area contributed by atoms with E-state index in [1.54, 1.807) is 0 Å². The minimum Gasteiger partial charge on any atom is -0.450 e. The smallest absolute Gasteiger partial charge is 0.450 e. The third-order valence-corrected chi connectivity index (χ3v) is 6.22. The molecule has 0 heterocycles.